The Morgan fingerprint density at radius 3 is 2.67 bits per heavy atom. The molecule has 0 unspecified atom stereocenters. The first-order valence-corrected chi connectivity index (χ1v) is 9.30. The Bertz CT molecular complexity index is 843. The van der Waals surface area contributed by atoms with Gasteiger partial charge < -0.3 is 19.7 Å². The lowest BCUT2D eigenvalue weighted by Crippen LogP contribution is -2.33. The SMILES string of the molecule is Cc1nc(C(=O)N(C)C)nc(N2CC[C@@H](NCc3cnc(C)n3C)C2)c1C. The summed E-state index contributed by atoms with van der Waals surface area (Å²) in [7, 11) is 5.48. The fraction of sp³-hybridized carbons (Fsp3) is 0.579. The van der Waals surface area contributed by atoms with Crippen LogP contribution in [0.2, 0.25) is 0 Å². The number of carbonyl (C=O) groups excluding carboxylic acids is 1. The Morgan fingerprint density at radius 2 is 2.04 bits per heavy atom. The van der Waals surface area contributed by atoms with Gasteiger partial charge in [-0.2, -0.15) is 0 Å². The zero-order valence-electron chi connectivity index (χ0n) is 17.1. The number of nitrogens with one attached hydrogen (secondary N) is 1. The van der Waals surface area contributed by atoms with Gasteiger partial charge in [-0.15, -0.1) is 0 Å². The molecule has 146 valence electrons. The number of aromatic nitrogens is 4. The zero-order chi connectivity index (χ0) is 19.7. The zero-order valence-corrected chi connectivity index (χ0v) is 17.1. The number of aryl methyl sites for hydroxylation is 2. The van der Waals surface area contributed by atoms with Crippen LogP contribution in [-0.4, -0.2) is 63.6 Å². The lowest BCUT2D eigenvalue weighted by molar-refractivity contribution is 0.0815. The van der Waals surface area contributed by atoms with Crippen molar-refractivity contribution in [3.63, 3.8) is 0 Å². The van der Waals surface area contributed by atoms with Gasteiger partial charge in [0.05, 0.1) is 5.69 Å². The summed E-state index contributed by atoms with van der Waals surface area (Å²) in [6.45, 7) is 8.53. The molecule has 3 heterocycles. The number of hydrogen-bond donors (Lipinski definition) is 1. The van der Waals surface area contributed by atoms with Gasteiger partial charge >= 0.3 is 0 Å². The summed E-state index contributed by atoms with van der Waals surface area (Å²) < 4.78 is 2.11. The molecule has 0 aromatic carbocycles. The second-order valence-corrected chi connectivity index (χ2v) is 7.45. The Kier molecular flexibility index (Phi) is 5.46. The van der Waals surface area contributed by atoms with Crippen molar-refractivity contribution >= 4 is 11.7 Å². The van der Waals surface area contributed by atoms with E-state index in [1.54, 1.807) is 14.1 Å². The molecule has 1 aliphatic heterocycles. The van der Waals surface area contributed by atoms with Crippen molar-refractivity contribution in [2.24, 2.45) is 7.05 Å². The molecule has 1 atom stereocenters. The number of hydrogen-bond acceptors (Lipinski definition) is 6. The Morgan fingerprint density at radius 1 is 1.30 bits per heavy atom. The molecule has 1 saturated heterocycles. The Labute approximate surface area is 160 Å². The molecule has 1 aliphatic rings. The normalized spacial score (nSPS) is 16.8. The molecule has 0 bridgehead atoms. The van der Waals surface area contributed by atoms with E-state index >= 15 is 0 Å². The fourth-order valence-corrected chi connectivity index (χ4v) is 3.30. The average molecular weight is 371 g/mol. The lowest BCUT2D eigenvalue weighted by Gasteiger charge is -2.22. The van der Waals surface area contributed by atoms with Gasteiger partial charge in [0.1, 0.15) is 11.6 Å². The fourth-order valence-electron chi connectivity index (χ4n) is 3.30. The molecule has 1 amide bonds. The van der Waals surface area contributed by atoms with Crippen LogP contribution in [-0.2, 0) is 13.6 Å². The maximum atomic E-state index is 12.3. The van der Waals surface area contributed by atoms with Gasteiger partial charge in [-0.05, 0) is 27.2 Å². The van der Waals surface area contributed by atoms with Crippen LogP contribution in [0.25, 0.3) is 0 Å². The summed E-state index contributed by atoms with van der Waals surface area (Å²) in [5.41, 5.74) is 3.07. The number of rotatable bonds is 5. The van der Waals surface area contributed by atoms with Crippen LogP contribution in [0.3, 0.4) is 0 Å². The van der Waals surface area contributed by atoms with Crippen LogP contribution in [0, 0.1) is 20.8 Å². The summed E-state index contributed by atoms with van der Waals surface area (Å²) in [6, 6.07) is 0.378. The van der Waals surface area contributed by atoms with Crippen LogP contribution < -0.4 is 10.2 Å². The van der Waals surface area contributed by atoms with Crippen LogP contribution in [0.5, 0.6) is 0 Å². The highest BCUT2D eigenvalue weighted by Crippen LogP contribution is 2.24. The minimum absolute atomic E-state index is 0.167. The number of amides is 1. The van der Waals surface area contributed by atoms with Crippen LogP contribution in [0.4, 0.5) is 5.82 Å². The van der Waals surface area contributed by atoms with E-state index in [9.17, 15) is 4.79 Å². The molecule has 0 saturated carbocycles. The third-order valence-corrected chi connectivity index (χ3v) is 5.34. The molecule has 2 aromatic heterocycles. The molecule has 1 fully saturated rings. The van der Waals surface area contributed by atoms with Gasteiger partial charge in [0.2, 0.25) is 5.82 Å². The van der Waals surface area contributed by atoms with Gasteiger partial charge in [-0.25, -0.2) is 15.0 Å². The second-order valence-electron chi connectivity index (χ2n) is 7.45. The van der Waals surface area contributed by atoms with E-state index in [0.717, 1.165) is 49.0 Å². The van der Waals surface area contributed by atoms with Gasteiger partial charge in [0.15, 0.2) is 0 Å². The Balaban J connectivity index is 1.71. The largest absolute Gasteiger partial charge is 0.355 e. The van der Waals surface area contributed by atoms with Crippen molar-refractivity contribution in [1.29, 1.82) is 0 Å². The predicted molar refractivity (Wildman–Crippen MR) is 105 cm³/mol. The first-order valence-electron chi connectivity index (χ1n) is 9.30. The monoisotopic (exact) mass is 371 g/mol. The molecule has 8 heteroatoms. The first-order chi connectivity index (χ1) is 12.8. The van der Waals surface area contributed by atoms with E-state index < -0.39 is 0 Å². The number of imidazole rings is 1. The van der Waals surface area contributed by atoms with Crippen LogP contribution >= 0.6 is 0 Å². The van der Waals surface area contributed by atoms with Gasteiger partial charge in [0, 0.05) is 64.3 Å². The van der Waals surface area contributed by atoms with E-state index in [1.165, 1.54) is 10.6 Å². The van der Waals surface area contributed by atoms with E-state index in [2.05, 4.69) is 29.7 Å². The standard InChI is InChI=1S/C19H29N7O/c1-12-13(2)22-17(19(27)24(4)5)23-18(12)26-8-7-15(11-26)21-10-16-9-20-14(3)25(16)6/h9,15,21H,7-8,10-11H2,1-6H3/t15-/m1/s1. The van der Waals surface area contributed by atoms with E-state index in [1.807, 2.05) is 34.0 Å². The van der Waals surface area contributed by atoms with Gasteiger partial charge in [0.25, 0.3) is 5.91 Å². The minimum Gasteiger partial charge on any atom is -0.355 e. The van der Waals surface area contributed by atoms with Crippen molar-refractivity contribution in [1.82, 2.24) is 29.7 Å². The Hall–Kier alpha value is -2.48. The molecule has 8 nitrogen and oxygen atoms in total. The van der Waals surface area contributed by atoms with E-state index in [0.29, 0.717) is 6.04 Å². The van der Waals surface area contributed by atoms with E-state index in [-0.39, 0.29) is 11.7 Å². The molecule has 0 spiro atoms. The summed E-state index contributed by atoms with van der Waals surface area (Å²) in [5.74, 6) is 1.98. The highest BCUT2D eigenvalue weighted by molar-refractivity contribution is 5.90. The molecule has 3 rings (SSSR count). The van der Waals surface area contributed by atoms with Crippen molar-refractivity contribution in [3.05, 3.63) is 34.8 Å². The summed E-state index contributed by atoms with van der Waals surface area (Å²) >= 11 is 0. The van der Waals surface area contributed by atoms with Crippen molar-refractivity contribution in [3.8, 4) is 0 Å². The third kappa shape index (κ3) is 3.95. The van der Waals surface area contributed by atoms with Gasteiger partial charge in [-0.3, -0.25) is 4.79 Å². The summed E-state index contributed by atoms with van der Waals surface area (Å²) in [4.78, 5) is 29.4. The van der Waals surface area contributed by atoms with Crippen LogP contribution in [0.1, 0.15) is 39.8 Å². The highest BCUT2D eigenvalue weighted by Gasteiger charge is 2.26. The first kappa shape index (κ1) is 19.3. The lowest BCUT2D eigenvalue weighted by atomic mass is 10.2. The highest BCUT2D eigenvalue weighted by atomic mass is 16.2. The molecular formula is C19H29N7O. The third-order valence-electron chi connectivity index (χ3n) is 5.34. The average Bonchev–Trinajstić information content (AvgIpc) is 3.22. The topological polar surface area (TPSA) is 79.2 Å². The van der Waals surface area contributed by atoms with Crippen molar-refractivity contribution in [2.45, 2.75) is 39.8 Å². The molecule has 27 heavy (non-hydrogen) atoms. The minimum atomic E-state index is -0.167. The smallest absolute Gasteiger partial charge is 0.291 e. The van der Waals surface area contributed by atoms with Crippen molar-refractivity contribution in [2.75, 3.05) is 32.1 Å². The predicted octanol–water partition coefficient (Wildman–Crippen LogP) is 1.21. The maximum Gasteiger partial charge on any atom is 0.291 e. The quantitative estimate of drug-likeness (QED) is 0.851. The van der Waals surface area contributed by atoms with Crippen molar-refractivity contribution < 1.29 is 4.79 Å². The number of carbonyl (C=O) groups is 1. The summed E-state index contributed by atoms with van der Waals surface area (Å²) in [6.07, 6.45) is 2.96. The maximum absolute atomic E-state index is 12.3. The summed E-state index contributed by atoms with van der Waals surface area (Å²) in [5, 5.41) is 3.62. The second kappa shape index (κ2) is 7.64. The number of anilines is 1. The molecule has 0 aliphatic carbocycles. The molecular weight excluding hydrogens is 342 g/mol. The molecule has 2 aromatic rings. The molecule has 1 N–H and O–H groups in total. The van der Waals surface area contributed by atoms with E-state index in [4.69, 9.17) is 0 Å². The molecule has 0 radical (unpaired) electrons. The number of nitrogens with zero attached hydrogens (tertiary/aromatic N) is 6. The van der Waals surface area contributed by atoms with Gasteiger partial charge in [-0.1, -0.05) is 0 Å². The van der Waals surface area contributed by atoms with Crippen LogP contribution in [0.15, 0.2) is 6.20 Å².